The zero-order valence-electron chi connectivity index (χ0n) is 5.48. The van der Waals surface area contributed by atoms with E-state index in [2.05, 4.69) is 4.74 Å². The van der Waals surface area contributed by atoms with Gasteiger partial charge in [0.2, 0.25) is 0 Å². The average molecular weight is 86.1 g/mol. The van der Waals surface area contributed by atoms with Crippen LogP contribution in [-0.4, -0.2) is 6.56 Å². The molecule has 0 aromatic rings. The maximum Gasteiger partial charge on any atom is 0.0876 e. The third kappa shape index (κ3) is 0.744. The first kappa shape index (κ1) is 2.01. The molecule has 0 atom stereocenters. The molecule has 1 nitrogen and oxygen atoms in total. The fraction of sp³-hybridized carbons (Fsp3) is 0.600. The molecule has 0 N–H and O–H groups in total. The molecule has 34 valence electrons. The Morgan fingerprint density at radius 1 is 1.83 bits per heavy atom. The summed E-state index contributed by atoms with van der Waals surface area (Å²) in [6.45, 7) is -1.41. The summed E-state index contributed by atoms with van der Waals surface area (Å²) in [5, 5.41) is 0. The van der Waals surface area contributed by atoms with E-state index in [1.807, 2.05) is 6.08 Å². The number of hydrogen-bond donors (Lipinski definition) is 0. The van der Waals surface area contributed by atoms with Crippen LogP contribution in [0, 0.1) is 0 Å². The Kier molecular flexibility index (Phi) is 0.621. The van der Waals surface area contributed by atoms with E-state index in [9.17, 15) is 0 Å². The summed E-state index contributed by atoms with van der Waals surface area (Å²) >= 11 is 0. The van der Waals surface area contributed by atoms with E-state index in [0.29, 0.717) is 6.42 Å². The summed E-state index contributed by atoms with van der Waals surface area (Å²) in [4.78, 5) is 0. The quantitative estimate of drug-likeness (QED) is 0.432. The highest BCUT2D eigenvalue weighted by Crippen LogP contribution is 1.97. The molecule has 0 radical (unpaired) electrons. The van der Waals surface area contributed by atoms with Gasteiger partial charge < -0.3 is 4.74 Å². The van der Waals surface area contributed by atoms with E-state index in [1.54, 1.807) is 0 Å². The monoisotopic (exact) mass is 86.1 g/mol. The van der Waals surface area contributed by atoms with Crippen LogP contribution >= 0.6 is 0 Å². The first-order valence-electron chi connectivity index (χ1n) is 3.03. The van der Waals surface area contributed by atoms with Crippen LogP contribution in [0.3, 0.4) is 0 Å². The average Bonchev–Trinajstić information content (AvgIpc) is 1.65. The van der Waals surface area contributed by atoms with Gasteiger partial charge in [0.05, 0.1) is 15.6 Å². The van der Waals surface area contributed by atoms with Crippen molar-refractivity contribution in [2.75, 3.05) is 6.56 Å². The normalized spacial score (nSPS) is 33.3. The van der Waals surface area contributed by atoms with Crippen LogP contribution in [0.15, 0.2) is 12.3 Å². The molecule has 6 heavy (non-hydrogen) atoms. The van der Waals surface area contributed by atoms with E-state index >= 15 is 0 Å². The van der Waals surface area contributed by atoms with E-state index in [4.69, 9.17) is 2.74 Å². The largest absolute Gasteiger partial charge is 0.502 e. The number of hydrogen-bond acceptors (Lipinski definition) is 1. The molecular formula is C5H8O. The smallest absolute Gasteiger partial charge is 0.0876 e. The second-order valence-electron chi connectivity index (χ2n) is 1.17. The minimum Gasteiger partial charge on any atom is -0.502 e. The van der Waals surface area contributed by atoms with E-state index in [-0.39, 0.29) is 0 Å². The lowest BCUT2D eigenvalue weighted by molar-refractivity contribution is 0.231. The molecule has 0 unspecified atom stereocenters. The zero-order chi connectivity index (χ0) is 6.04. The second kappa shape index (κ2) is 1.85. The molecule has 1 heteroatoms. The Bertz CT molecular complexity index is 109. The maximum atomic E-state index is 7.02. The predicted octanol–water partition coefficient (Wildman–Crippen LogP) is 1.31. The highest BCUT2D eigenvalue weighted by atomic mass is 16.5. The second-order valence-corrected chi connectivity index (χ2v) is 1.17. The highest BCUT2D eigenvalue weighted by Gasteiger charge is 1.86. The molecule has 0 fully saturated rings. The van der Waals surface area contributed by atoms with Gasteiger partial charge in [0, 0.05) is 0 Å². The summed E-state index contributed by atoms with van der Waals surface area (Å²) in [5.41, 5.74) is 0. The molecule has 0 aromatic carbocycles. The van der Waals surface area contributed by atoms with Crippen molar-refractivity contribution in [1.29, 1.82) is 0 Å². The molecule has 1 aliphatic rings. The summed E-state index contributed by atoms with van der Waals surface area (Å²) in [5.74, 6) is 0. The van der Waals surface area contributed by atoms with Crippen LogP contribution in [0.2, 0.25) is 0 Å². The molecule has 0 aliphatic carbocycles. The van der Waals surface area contributed by atoms with Crippen LogP contribution in [0.1, 0.15) is 15.6 Å². The van der Waals surface area contributed by atoms with Crippen molar-refractivity contribution in [2.45, 2.75) is 12.8 Å². The van der Waals surface area contributed by atoms with Crippen molar-refractivity contribution in [1.82, 2.24) is 0 Å². The van der Waals surface area contributed by atoms with Crippen molar-refractivity contribution in [3.05, 3.63) is 12.3 Å². The van der Waals surface area contributed by atoms with Crippen molar-refractivity contribution >= 4 is 0 Å². The van der Waals surface area contributed by atoms with Crippen LogP contribution < -0.4 is 0 Å². The number of allylic oxidation sites excluding steroid dienone is 1. The highest BCUT2D eigenvalue weighted by molar-refractivity contribution is 4.76. The SMILES string of the molecule is [2H]C1([2H])CCC=CO1. The Hall–Kier alpha value is -0.460. The summed E-state index contributed by atoms with van der Waals surface area (Å²) in [6, 6.07) is 0. The van der Waals surface area contributed by atoms with Gasteiger partial charge in [-0.25, -0.2) is 0 Å². The molecule has 0 spiro atoms. The van der Waals surface area contributed by atoms with E-state index in [1.165, 1.54) is 6.26 Å². The number of ether oxygens (including phenoxy) is 1. The maximum absolute atomic E-state index is 7.02. The van der Waals surface area contributed by atoms with Crippen molar-refractivity contribution in [3.8, 4) is 0 Å². The van der Waals surface area contributed by atoms with Gasteiger partial charge in [0.25, 0.3) is 0 Å². The zero-order valence-corrected chi connectivity index (χ0v) is 3.48. The molecular weight excluding hydrogens is 76.1 g/mol. The van der Waals surface area contributed by atoms with Gasteiger partial charge in [-0.15, -0.1) is 0 Å². The van der Waals surface area contributed by atoms with Crippen LogP contribution in [0.4, 0.5) is 0 Å². The van der Waals surface area contributed by atoms with Crippen LogP contribution in [0.25, 0.3) is 0 Å². The van der Waals surface area contributed by atoms with Gasteiger partial charge >= 0.3 is 0 Å². The third-order valence-corrected chi connectivity index (χ3v) is 0.661. The summed E-state index contributed by atoms with van der Waals surface area (Å²) in [7, 11) is 0. The Labute approximate surface area is 40.4 Å². The van der Waals surface area contributed by atoms with Gasteiger partial charge in [-0.05, 0) is 18.9 Å². The molecule has 0 amide bonds. The molecule has 1 rings (SSSR count). The standard InChI is InChI=1S/C5H8O/c1-2-4-6-5-3-1/h2,4H,1,3,5H2/i5D2. The lowest BCUT2D eigenvalue weighted by Gasteiger charge is -2.01. The van der Waals surface area contributed by atoms with Gasteiger partial charge in [0.1, 0.15) is 0 Å². The third-order valence-electron chi connectivity index (χ3n) is 0.661. The van der Waals surface area contributed by atoms with E-state index < -0.39 is 6.56 Å². The van der Waals surface area contributed by atoms with Crippen molar-refractivity contribution in [2.24, 2.45) is 0 Å². The topological polar surface area (TPSA) is 9.23 Å². The van der Waals surface area contributed by atoms with Crippen molar-refractivity contribution in [3.63, 3.8) is 0 Å². The van der Waals surface area contributed by atoms with Crippen LogP contribution in [0.5, 0.6) is 0 Å². The lowest BCUT2D eigenvalue weighted by Crippen LogP contribution is -1.90. The Morgan fingerprint density at radius 2 is 2.83 bits per heavy atom. The first-order chi connectivity index (χ1) is 3.71. The lowest BCUT2D eigenvalue weighted by atomic mass is 10.3. The Morgan fingerprint density at radius 3 is 3.17 bits per heavy atom. The summed E-state index contributed by atoms with van der Waals surface area (Å²) in [6.07, 6.45) is 4.50. The van der Waals surface area contributed by atoms with Gasteiger partial charge in [-0.2, -0.15) is 0 Å². The predicted molar refractivity (Wildman–Crippen MR) is 24.3 cm³/mol. The van der Waals surface area contributed by atoms with Gasteiger partial charge in [0.15, 0.2) is 0 Å². The fourth-order valence-electron chi connectivity index (χ4n) is 0.365. The van der Waals surface area contributed by atoms with Crippen LogP contribution in [-0.2, 0) is 4.74 Å². The van der Waals surface area contributed by atoms with Crippen molar-refractivity contribution < 1.29 is 7.48 Å². The molecule has 0 saturated heterocycles. The Balaban J connectivity index is 2.50. The summed E-state index contributed by atoms with van der Waals surface area (Å²) < 4.78 is 18.7. The fourth-order valence-corrected chi connectivity index (χ4v) is 0.365. The van der Waals surface area contributed by atoms with Gasteiger partial charge in [-0.3, -0.25) is 0 Å². The number of rotatable bonds is 0. The first-order valence-corrected chi connectivity index (χ1v) is 2.03. The van der Waals surface area contributed by atoms with Gasteiger partial charge in [-0.1, -0.05) is 0 Å². The molecule has 0 aromatic heterocycles. The molecule has 1 aliphatic heterocycles. The molecule has 0 bridgehead atoms. The molecule has 0 saturated carbocycles. The van der Waals surface area contributed by atoms with E-state index in [0.717, 1.165) is 6.42 Å². The minimum absolute atomic E-state index is 0.476. The minimum atomic E-state index is -1.41. The molecule has 1 heterocycles.